The van der Waals surface area contributed by atoms with Crippen LogP contribution in [0, 0.1) is 5.41 Å². The number of aliphatic hydroxyl groups is 2. The van der Waals surface area contributed by atoms with Crippen LogP contribution < -0.4 is 16.4 Å². The number of phosphoric acid groups is 3. The molecule has 1 saturated heterocycles. The molecule has 3 heterocycles. The normalized spacial score (nSPS) is 21.2. The third kappa shape index (κ3) is 16.2. The Bertz CT molecular complexity index is 2000. The summed E-state index contributed by atoms with van der Waals surface area (Å²) in [6.45, 7) is 0.190. The molecular weight excluding hydrogens is 875 g/mol. The Kier molecular flexibility index (Phi) is 18.6. The van der Waals surface area contributed by atoms with Crippen molar-refractivity contribution in [1.82, 2.24) is 30.2 Å². The van der Waals surface area contributed by atoms with E-state index in [4.69, 9.17) is 19.5 Å². The number of aliphatic hydroxyl groups excluding tert-OH is 2. The first-order valence-corrected chi connectivity index (χ1v) is 22.6. The highest BCUT2D eigenvalue weighted by Crippen LogP contribution is 2.61. The number of nitrogens with zero attached hydrogens (tertiary/aromatic N) is 4. The van der Waals surface area contributed by atoms with Crippen LogP contribution >= 0.6 is 35.2 Å². The van der Waals surface area contributed by atoms with Crippen LogP contribution in [-0.2, 0) is 60.3 Å². The van der Waals surface area contributed by atoms with Crippen LogP contribution in [0.1, 0.15) is 45.8 Å². The smallest absolute Gasteiger partial charge is 0.386 e. The van der Waals surface area contributed by atoms with E-state index < -0.39 is 89.7 Å². The monoisotopic (exact) mass is 919 g/mol. The number of carbonyl (C=O) groups excluding carboxylic acids is 5. The average molecular weight is 920 g/mol. The number of ketones is 1. The van der Waals surface area contributed by atoms with E-state index in [0.29, 0.717) is 6.29 Å². The van der Waals surface area contributed by atoms with E-state index in [1.54, 1.807) is 0 Å². The summed E-state index contributed by atoms with van der Waals surface area (Å²) in [6.07, 6.45) is -3.57. The molecule has 10 N–H and O–H groups in total. The summed E-state index contributed by atoms with van der Waals surface area (Å²) < 4.78 is 62.0. The molecule has 330 valence electrons. The van der Waals surface area contributed by atoms with E-state index in [-0.39, 0.29) is 67.3 Å². The number of imidazole rings is 1. The molecule has 0 bridgehead atoms. The van der Waals surface area contributed by atoms with Gasteiger partial charge in [0.05, 0.1) is 26.0 Å². The molecule has 0 aromatic carbocycles. The topological polar surface area (TPSA) is 398 Å². The van der Waals surface area contributed by atoms with Crippen LogP contribution in [0.2, 0.25) is 0 Å². The molecule has 0 saturated carbocycles. The van der Waals surface area contributed by atoms with Crippen LogP contribution in [0.3, 0.4) is 0 Å². The summed E-state index contributed by atoms with van der Waals surface area (Å²) in [4.78, 5) is 110. The third-order valence-corrected chi connectivity index (χ3v) is 11.8. The molecule has 1 aliphatic heterocycles. The predicted octanol–water partition coefficient (Wildman–Crippen LogP) is -0.841. The Morgan fingerprint density at radius 2 is 1.75 bits per heavy atom. The lowest BCUT2D eigenvalue weighted by molar-refractivity contribution is -0.137. The van der Waals surface area contributed by atoms with Gasteiger partial charge in [-0.15, -0.1) is 0 Å². The van der Waals surface area contributed by atoms with Gasteiger partial charge in [-0.2, -0.15) is 4.31 Å². The number of anilines is 1. The van der Waals surface area contributed by atoms with Gasteiger partial charge in [0.15, 0.2) is 22.8 Å². The standard InChI is InChI=1S/C29H44N7O19P3S/c1-29(2,24(42)27(43)32-8-7-19(39)31-9-11-59-20(40)12-17(38)6-4-3-5-10-37)14-52-58(49,50)55-57(47,48)51-13-18-23(54-56(44,45)46)22(41)28(53-18)36-16-35-21-25(30)33-15-34-26(21)36/h3-4,10,15-16,18,22-24,28,41-42H,5-9,11-14H2,1-2H3,(H,31,39)(H,32,43)(H,47,48)(H,49,50)(H2,30,33,34)(H2,44,45,46)/b4-3-/t18-,22-,23-,24+,28-/m1/s1. The van der Waals surface area contributed by atoms with Crippen LogP contribution in [-0.4, -0.2) is 135 Å². The number of aldehydes is 1. The molecule has 2 aromatic heterocycles. The number of amides is 2. The van der Waals surface area contributed by atoms with Gasteiger partial charge < -0.3 is 55.7 Å². The van der Waals surface area contributed by atoms with Crippen molar-refractivity contribution in [3.63, 3.8) is 0 Å². The fourth-order valence-corrected chi connectivity index (χ4v) is 8.47. The first-order chi connectivity index (χ1) is 27.4. The number of phosphoric ester groups is 3. The van der Waals surface area contributed by atoms with Gasteiger partial charge in [0.25, 0.3) is 0 Å². The molecule has 0 spiro atoms. The zero-order chi connectivity index (χ0) is 44.2. The fraction of sp³-hybridized carbons (Fsp3) is 0.586. The molecule has 59 heavy (non-hydrogen) atoms. The number of hydrogen-bond acceptors (Lipinski definition) is 20. The SMILES string of the molecule is CC(C)(COP(=O)(O)OP(=O)(O)OC[C@H]1O[C@@H](n2cnc3c(N)ncnc32)[C@H](O)[C@@H]1OP(=O)(O)O)[C@@H](O)C(=O)NCCC(=O)NCCSC(=O)CC(=O)C/C=C\CC=O. The lowest BCUT2D eigenvalue weighted by atomic mass is 9.87. The first-order valence-electron chi connectivity index (χ1n) is 17.1. The van der Waals surface area contributed by atoms with Crippen LogP contribution in [0.5, 0.6) is 0 Å². The first kappa shape index (κ1) is 50.0. The summed E-state index contributed by atoms with van der Waals surface area (Å²) in [6, 6.07) is 0. The van der Waals surface area contributed by atoms with Crippen molar-refractivity contribution in [2.75, 3.05) is 37.8 Å². The van der Waals surface area contributed by atoms with Crippen molar-refractivity contribution >= 4 is 81.2 Å². The van der Waals surface area contributed by atoms with Crippen molar-refractivity contribution in [1.29, 1.82) is 0 Å². The highest BCUT2D eigenvalue weighted by molar-refractivity contribution is 8.13. The largest absolute Gasteiger partial charge is 0.481 e. The van der Waals surface area contributed by atoms with Gasteiger partial charge in [0, 0.05) is 43.5 Å². The van der Waals surface area contributed by atoms with E-state index in [1.807, 2.05) is 0 Å². The maximum Gasteiger partial charge on any atom is 0.481 e. The van der Waals surface area contributed by atoms with Gasteiger partial charge in [0.2, 0.25) is 11.8 Å². The third-order valence-electron chi connectivity index (χ3n) is 7.85. The number of allylic oxidation sites excluding steroid dienone is 2. The molecular formula is C29H44N7O19P3S. The molecule has 7 atom stereocenters. The number of nitrogen functional groups attached to an aromatic ring is 1. The number of aromatic nitrogens is 4. The van der Waals surface area contributed by atoms with E-state index in [9.17, 15) is 67.5 Å². The van der Waals surface area contributed by atoms with Gasteiger partial charge in [-0.3, -0.25) is 37.3 Å². The summed E-state index contributed by atoms with van der Waals surface area (Å²) >= 11 is 0.841. The van der Waals surface area contributed by atoms with E-state index in [1.165, 1.54) is 26.0 Å². The number of thioether (sulfide) groups is 1. The average Bonchev–Trinajstić information content (AvgIpc) is 3.70. The highest BCUT2D eigenvalue weighted by Gasteiger charge is 2.50. The molecule has 3 rings (SSSR count). The molecule has 1 fully saturated rings. The zero-order valence-electron chi connectivity index (χ0n) is 31.2. The molecule has 2 unspecified atom stereocenters. The zero-order valence-corrected chi connectivity index (χ0v) is 34.7. The molecule has 2 amide bonds. The summed E-state index contributed by atoms with van der Waals surface area (Å²) in [7, 11) is -16.5. The second-order valence-electron chi connectivity index (χ2n) is 13.1. The van der Waals surface area contributed by atoms with Crippen molar-refractivity contribution in [2.45, 2.75) is 70.2 Å². The Morgan fingerprint density at radius 3 is 2.42 bits per heavy atom. The van der Waals surface area contributed by atoms with E-state index >= 15 is 0 Å². The van der Waals surface area contributed by atoms with Gasteiger partial charge in [0.1, 0.15) is 48.3 Å². The number of ether oxygens (including phenoxy) is 1. The van der Waals surface area contributed by atoms with Crippen molar-refractivity contribution in [2.24, 2.45) is 5.41 Å². The number of rotatable bonds is 25. The number of carbonyl (C=O) groups is 5. The lowest BCUT2D eigenvalue weighted by Gasteiger charge is -2.30. The number of nitrogens with one attached hydrogen (secondary N) is 2. The molecule has 2 aromatic rings. The van der Waals surface area contributed by atoms with Crippen LogP contribution in [0.15, 0.2) is 24.8 Å². The lowest BCUT2D eigenvalue weighted by Crippen LogP contribution is -2.46. The van der Waals surface area contributed by atoms with Crippen molar-refractivity contribution < 1.29 is 90.1 Å². The Hall–Kier alpha value is -3.36. The Morgan fingerprint density at radius 1 is 1.05 bits per heavy atom. The Labute approximate surface area is 339 Å². The minimum absolute atomic E-state index is 0.0140. The minimum Gasteiger partial charge on any atom is -0.386 e. The van der Waals surface area contributed by atoms with Gasteiger partial charge in [-0.05, 0) is 0 Å². The van der Waals surface area contributed by atoms with Gasteiger partial charge in [-0.1, -0.05) is 37.8 Å². The Balaban J connectivity index is 1.44. The summed E-state index contributed by atoms with van der Waals surface area (Å²) in [5, 5.41) is 25.8. The van der Waals surface area contributed by atoms with Crippen molar-refractivity contribution in [3.8, 4) is 0 Å². The van der Waals surface area contributed by atoms with Crippen LogP contribution in [0.4, 0.5) is 5.82 Å². The number of fused-ring (bicyclic) bond motifs is 1. The quantitative estimate of drug-likeness (QED) is 0.0193. The van der Waals surface area contributed by atoms with E-state index in [2.05, 4.69) is 34.4 Å². The maximum atomic E-state index is 12.7. The summed E-state index contributed by atoms with van der Waals surface area (Å²) in [5.74, 6) is -1.76. The number of hydrogen-bond donors (Lipinski definition) is 9. The minimum atomic E-state index is -5.59. The van der Waals surface area contributed by atoms with E-state index in [0.717, 1.165) is 29.0 Å². The van der Waals surface area contributed by atoms with Gasteiger partial charge >= 0.3 is 23.5 Å². The maximum absolute atomic E-state index is 12.7. The number of nitrogens with two attached hydrogens (primary N) is 1. The molecule has 1 aliphatic rings. The second kappa shape index (κ2) is 21.9. The molecule has 26 nitrogen and oxygen atoms in total. The van der Waals surface area contributed by atoms with Crippen LogP contribution in [0.25, 0.3) is 11.2 Å². The summed E-state index contributed by atoms with van der Waals surface area (Å²) in [5.41, 5.74) is 4.20. The van der Waals surface area contributed by atoms with Gasteiger partial charge in [-0.25, -0.2) is 28.6 Å². The molecule has 0 aliphatic carbocycles. The highest BCUT2D eigenvalue weighted by atomic mass is 32.2. The number of Topliss-reactive ketones (excluding diaryl/α,β-unsaturated/α-hetero) is 1. The fourth-order valence-electron chi connectivity index (χ4n) is 4.95. The predicted molar refractivity (Wildman–Crippen MR) is 201 cm³/mol. The molecule has 0 radical (unpaired) electrons. The second-order valence-corrected chi connectivity index (χ2v) is 18.5. The van der Waals surface area contributed by atoms with Crippen molar-refractivity contribution in [3.05, 3.63) is 24.8 Å². The molecule has 30 heteroatoms.